The van der Waals surface area contributed by atoms with Crippen molar-refractivity contribution in [2.24, 2.45) is 39.6 Å². The van der Waals surface area contributed by atoms with Gasteiger partial charge in [0, 0.05) is 25.8 Å². The van der Waals surface area contributed by atoms with Crippen LogP contribution >= 0.6 is 0 Å². The van der Waals surface area contributed by atoms with E-state index in [9.17, 15) is 103 Å². The molecule has 26 N–H and O–H groups in total. The van der Waals surface area contributed by atoms with Crippen molar-refractivity contribution in [3.63, 3.8) is 0 Å². The first-order chi connectivity index (χ1) is 44.1. The van der Waals surface area contributed by atoms with Gasteiger partial charge in [-0.1, -0.05) is 50.2 Å². The number of primary amides is 2. The molecule has 36 nitrogen and oxygen atoms in total. The number of carbonyl (C=O) groups excluding carboxylic acids is 11. The number of benzene rings is 3. The number of phenols is 3. The van der Waals surface area contributed by atoms with Gasteiger partial charge in [0.05, 0.1) is 31.9 Å². The summed E-state index contributed by atoms with van der Waals surface area (Å²) < 4.78 is 0. The summed E-state index contributed by atoms with van der Waals surface area (Å²) in [6.07, 6.45) is -5.75. The van der Waals surface area contributed by atoms with Crippen molar-refractivity contribution in [1.29, 1.82) is 0 Å². The Hall–Kier alpha value is -11.2. The van der Waals surface area contributed by atoms with Gasteiger partial charge in [-0.3, -0.25) is 67.3 Å². The predicted molar refractivity (Wildman–Crippen MR) is 327 cm³/mol. The number of aliphatic hydroxyl groups excluding tert-OH is 1. The Balaban J connectivity index is 1.94. The van der Waals surface area contributed by atoms with Gasteiger partial charge in [-0.05, 0) is 84.7 Å². The third kappa shape index (κ3) is 27.5. The van der Waals surface area contributed by atoms with E-state index >= 15 is 0 Å². The number of hydrogen-bond acceptors (Lipinski definition) is 20. The minimum atomic E-state index is -2.15. The van der Waals surface area contributed by atoms with Gasteiger partial charge < -0.3 is 112 Å². The number of nitrogens with two attached hydrogens (primary N) is 5. The lowest BCUT2D eigenvalue weighted by atomic mass is 10.0. The Morgan fingerprint density at radius 1 is 0.415 bits per heavy atom. The van der Waals surface area contributed by atoms with Crippen LogP contribution in [0.4, 0.5) is 0 Å². The molecule has 0 unspecified atom stereocenters. The number of aromatic hydroxyl groups is 3. The second-order valence-electron chi connectivity index (χ2n) is 21.8. The Morgan fingerprint density at radius 3 is 1.17 bits per heavy atom. The van der Waals surface area contributed by atoms with Crippen LogP contribution in [0, 0.1) is 5.92 Å². The number of aliphatic hydroxyl groups is 1. The molecule has 0 radical (unpaired) electrons. The fourth-order valence-corrected chi connectivity index (χ4v) is 8.79. The van der Waals surface area contributed by atoms with Crippen molar-refractivity contribution in [2.45, 2.75) is 138 Å². The van der Waals surface area contributed by atoms with Crippen LogP contribution < -0.4 is 76.5 Å². The summed E-state index contributed by atoms with van der Waals surface area (Å²) >= 11 is 0. The van der Waals surface area contributed by atoms with Crippen LogP contribution in [0.15, 0.2) is 77.8 Å². The summed E-state index contributed by atoms with van der Waals surface area (Å²) in [6, 6.07) is -1.66. The van der Waals surface area contributed by atoms with Gasteiger partial charge in [-0.15, -0.1) is 0 Å². The fraction of sp³-hybridized carbons (Fsp3) is 0.431. The molecule has 0 aliphatic rings. The first-order valence-electron chi connectivity index (χ1n) is 28.9. The van der Waals surface area contributed by atoms with E-state index in [2.05, 4.69) is 47.5 Å². The second kappa shape index (κ2) is 37.9. The zero-order chi connectivity index (χ0) is 70.5. The number of carboxylic acids is 3. The first kappa shape index (κ1) is 77.1. The lowest BCUT2D eigenvalue weighted by molar-refractivity contribution is -0.144. The number of nitrogens with one attached hydrogen (secondary N) is 9. The molecule has 94 heavy (non-hydrogen) atoms. The number of rotatable bonds is 40. The first-order valence-corrected chi connectivity index (χ1v) is 28.9. The van der Waals surface area contributed by atoms with Crippen LogP contribution in [-0.2, 0) is 86.4 Å². The molecule has 0 fully saturated rings. The van der Waals surface area contributed by atoms with Crippen LogP contribution in [0.1, 0.15) is 75.5 Å². The monoisotopic (exact) mass is 1320 g/mol. The van der Waals surface area contributed by atoms with Gasteiger partial charge in [0.25, 0.3) is 0 Å². The highest BCUT2D eigenvalue weighted by atomic mass is 16.4. The minimum absolute atomic E-state index is 0.0383. The summed E-state index contributed by atoms with van der Waals surface area (Å²) in [5.74, 6) is -20.0. The summed E-state index contributed by atoms with van der Waals surface area (Å²) in [4.78, 5) is 189. The summed E-state index contributed by atoms with van der Waals surface area (Å²) in [5, 5.41) is 89.2. The Kier molecular flexibility index (Phi) is 31.0. The molecule has 3 aromatic carbocycles. The minimum Gasteiger partial charge on any atom is -0.508 e. The van der Waals surface area contributed by atoms with Gasteiger partial charge >= 0.3 is 17.9 Å². The number of nitrogens with zero attached hydrogens (tertiary/aromatic N) is 1. The van der Waals surface area contributed by atoms with Gasteiger partial charge in [0.15, 0.2) is 5.96 Å². The zero-order valence-electron chi connectivity index (χ0n) is 50.9. The standard InChI is InChI=1S/C58H79N15O21/c1-27(2)47(73-54(90)40(25-46(82)83)69-49(85)35(4-3-19-64-58(62)63)65-51(87)37(21-29-7-13-32(76)14-8-29)67-48(84)34(59)20-28-5-11-31(75)12-6-28)56(92)70-39(24-45(80)81)53(89)66-36(17-18-43(60)78)50(86)68-38(22-30-9-15-33(77)16-10-30)52(88)72-42(26-74)55(91)71-41(57(93)94)23-44(61)79/h5-16,27,34-42,47,74-77H,3-4,17-26,59H2,1-2H3,(H2,60,78)(H2,61,79)(H,65,87)(H,66,89)(H,67,84)(H,68,86)(H,69,85)(H,70,92)(H,71,91)(H,72,88)(H,73,90)(H,80,81)(H,82,83)(H,93,94)(H4,62,63,64)/t34-,35-,36-,37-,38-,39-,40-,41-,42-,47-/m0/s1. The normalized spacial score (nSPS) is 14.1. The molecule has 10 atom stereocenters. The molecule has 0 aromatic heterocycles. The summed E-state index contributed by atoms with van der Waals surface area (Å²) in [6.45, 7) is 1.42. The van der Waals surface area contributed by atoms with E-state index in [0.717, 1.165) is 0 Å². The molecule has 512 valence electrons. The van der Waals surface area contributed by atoms with Crippen molar-refractivity contribution in [3.8, 4) is 17.2 Å². The topological polar surface area (TPSA) is 631 Å². The number of hydrogen-bond donors (Lipinski definition) is 21. The number of carboxylic acid groups (broad SMARTS) is 3. The highest BCUT2D eigenvalue weighted by Crippen LogP contribution is 2.16. The van der Waals surface area contributed by atoms with Crippen LogP contribution in [0.25, 0.3) is 0 Å². The third-order valence-corrected chi connectivity index (χ3v) is 13.7. The molecule has 11 amide bonds. The number of guanidine groups is 1. The smallest absolute Gasteiger partial charge is 0.326 e. The Labute approximate surface area is 536 Å². The van der Waals surface area contributed by atoms with E-state index in [1.54, 1.807) is 0 Å². The molecule has 0 aliphatic heterocycles. The quantitative estimate of drug-likeness (QED) is 0.0143. The van der Waals surface area contributed by atoms with Crippen molar-refractivity contribution in [2.75, 3.05) is 13.2 Å². The van der Waals surface area contributed by atoms with Crippen molar-refractivity contribution < 1.29 is 103 Å². The maximum atomic E-state index is 14.3. The molecule has 3 aromatic rings. The molecule has 0 saturated heterocycles. The Bertz CT molecular complexity index is 3220. The highest BCUT2D eigenvalue weighted by Gasteiger charge is 2.38. The molecular weight excluding hydrogens is 1240 g/mol. The van der Waals surface area contributed by atoms with Crippen molar-refractivity contribution >= 4 is 88.8 Å². The Morgan fingerprint density at radius 2 is 0.766 bits per heavy atom. The van der Waals surface area contributed by atoms with E-state index in [1.807, 2.05) is 5.32 Å². The summed E-state index contributed by atoms with van der Waals surface area (Å²) in [5.41, 5.74) is 28.8. The maximum Gasteiger partial charge on any atom is 0.326 e. The number of amides is 11. The predicted octanol–water partition coefficient (Wildman–Crippen LogP) is -6.60. The fourth-order valence-electron chi connectivity index (χ4n) is 8.79. The van der Waals surface area contributed by atoms with Crippen LogP contribution in [0.5, 0.6) is 17.2 Å². The van der Waals surface area contributed by atoms with E-state index in [0.29, 0.717) is 11.1 Å². The molecule has 36 heteroatoms. The lowest BCUT2D eigenvalue weighted by Crippen LogP contribution is -2.62. The van der Waals surface area contributed by atoms with Crippen LogP contribution in [-0.4, -0.2) is 198 Å². The number of carbonyl (C=O) groups is 14. The van der Waals surface area contributed by atoms with Crippen molar-refractivity contribution in [3.05, 3.63) is 89.5 Å². The maximum absolute atomic E-state index is 14.3. The average Bonchev–Trinajstić information content (AvgIpc) is 0.912. The summed E-state index contributed by atoms with van der Waals surface area (Å²) in [7, 11) is 0. The van der Waals surface area contributed by atoms with Gasteiger partial charge in [0.1, 0.15) is 71.6 Å². The number of aliphatic carboxylic acids is 3. The second-order valence-corrected chi connectivity index (χ2v) is 21.8. The van der Waals surface area contributed by atoms with E-state index in [-0.39, 0.29) is 61.0 Å². The average molecular weight is 1320 g/mol. The molecule has 3 rings (SSSR count). The lowest BCUT2D eigenvalue weighted by Gasteiger charge is -2.29. The zero-order valence-corrected chi connectivity index (χ0v) is 50.9. The van der Waals surface area contributed by atoms with Crippen LogP contribution in [0.2, 0.25) is 0 Å². The van der Waals surface area contributed by atoms with E-state index in [4.69, 9.17) is 28.7 Å². The molecule has 0 spiro atoms. The molecule has 0 bridgehead atoms. The SMILES string of the molecule is CC(C)[C@H](NC(=O)[C@H](CC(=O)O)NC(=O)[C@H](CCCN=C(N)N)NC(=O)[C@H](Cc1ccc(O)cc1)NC(=O)[C@@H](N)Cc1ccc(O)cc1)C(=O)N[C@@H](CC(=O)O)C(=O)N[C@@H](CCC(N)=O)C(=O)N[C@@H](Cc1ccc(O)cc1)C(=O)N[C@@H](CO)C(=O)N[C@@H](CC(N)=O)C(=O)O. The van der Waals surface area contributed by atoms with E-state index in [1.165, 1.54) is 86.6 Å². The molecule has 0 aliphatic carbocycles. The number of aliphatic imine (C=N–C) groups is 1. The van der Waals surface area contributed by atoms with Crippen molar-refractivity contribution in [1.82, 2.24) is 47.9 Å². The molecular formula is C58H79N15O21. The number of phenolic OH excluding ortho intramolecular Hbond substituents is 3. The van der Waals surface area contributed by atoms with E-state index < -0.39 is 194 Å². The molecule has 0 saturated carbocycles. The largest absolute Gasteiger partial charge is 0.508 e. The van der Waals surface area contributed by atoms with Crippen LogP contribution in [0.3, 0.4) is 0 Å². The third-order valence-electron chi connectivity index (χ3n) is 13.7. The van der Waals surface area contributed by atoms with Gasteiger partial charge in [-0.2, -0.15) is 0 Å². The van der Waals surface area contributed by atoms with Gasteiger partial charge in [0.2, 0.25) is 65.0 Å². The molecule has 0 heterocycles. The van der Waals surface area contributed by atoms with Gasteiger partial charge in [-0.25, -0.2) is 4.79 Å². The highest BCUT2D eigenvalue weighted by molar-refractivity contribution is 6.00.